The van der Waals surface area contributed by atoms with Crippen LogP contribution in [0.4, 0.5) is 13.2 Å². The highest BCUT2D eigenvalue weighted by Gasteiger charge is 2.36. The first kappa shape index (κ1) is 22.5. The van der Waals surface area contributed by atoms with Gasteiger partial charge in [-0.2, -0.15) is 0 Å². The molecule has 2 aromatic carbocycles. The van der Waals surface area contributed by atoms with Crippen LogP contribution >= 0.6 is 0 Å². The summed E-state index contributed by atoms with van der Waals surface area (Å²) in [5.74, 6) is 3.13. The van der Waals surface area contributed by atoms with Gasteiger partial charge in [0.25, 0.3) is 0 Å². The van der Waals surface area contributed by atoms with E-state index in [0.29, 0.717) is 5.92 Å². The largest absolute Gasteiger partial charge is 0.573 e. The Morgan fingerprint density at radius 1 is 0.839 bits per heavy atom. The topological polar surface area (TPSA) is 9.23 Å². The summed E-state index contributed by atoms with van der Waals surface area (Å²) in [4.78, 5) is 0. The van der Waals surface area contributed by atoms with E-state index in [-0.39, 0.29) is 5.75 Å². The van der Waals surface area contributed by atoms with E-state index in [9.17, 15) is 13.2 Å². The van der Waals surface area contributed by atoms with Gasteiger partial charge < -0.3 is 4.74 Å². The number of benzene rings is 2. The highest BCUT2D eigenvalue weighted by Crippen LogP contribution is 2.48. The summed E-state index contributed by atoms with van der Waals surface area (Å²) in [7, 11) is 0. The molecule has 170 valence electrons. The van der Waals surface area contributed by atoms with Crippen LogP contribution in [0.25, 0.3) is 10.8 Å². The van der Waals surface area contributed by atoms with E-state index < -0.39 is 6.36 Å². The molecule has 1 nitrogen and oxygen atoms in total. The minimum atomic E-state index is -4.65. The Balaban J connectivity index is 1.35. The van der Waals surface area contributed by atoms with Crippen molar-refractivity contribution in [3.05, 3.63) is 42.0 Å². The fourth-order valence-electron chi connectivity index (χ4n) is 6.10. The van der Waals surface area contributed by atoms with Crippen LogP contribution in [-0.4, -0.2) is 6.36 Å². The van der Waals surface area contributed by atoms with Gasteiger partial charge in [0.15, 0.2) is 0 Å². The van der Waals surface area contributed by atoms with Gasteiger partial charge in [0.1, 0.15) is 5.75 Å². The van der Waals surface area contributed by atoms with Gasteiger partial charge >= 0.3 is 6.36 Å². The molecule has 2 aliphatic carbocycles. The van der Waals surface area contributed by atoms with Crippen LogP contribution in [0.5, 0.6) is 5.75 Å². The highest BCUT2D eigenvalue weighted by molar-refractivity contribution is 5.84. The molecule has 2 saturated carbocycles. The van der Waals surface area contributed by atoms with Crippen molar-refractivity contribution < 1.29 is 17.9 Å². The van der Waals surface area contributed by atoms with Gasteiger partial charge in [-0.1, -0.05) is 69.7 Å². The summed E-state index contributed by atoms with van der Waals surface area (Å²) >= 11 is 0. The van der Waals surface area contributed by atoms with E-state index >= 15 is 0 Å². The summed E-state index contributed by atoms with van der Waals surface area (Å²) < 4.78 is 41.5. The zero-order valence-corrected chi connectivity index (χ0v) is 18.6. The maximum Gasteiger partial charge on any atom is 0.573 e. The molecule has 2 fully saturated rings. The van der Waals surface area contributed by atoms with Gasteiger partial charge in [-0.25, -0.2) is 0 Å². The Hall–Kier alpha value is -1.71. The zero-order chi connectivity index (χ0) is 21.8. The highest BCUT2D eigenvalue weighted by atomic mass is 19.4. The normalized spacial score (nSPS) is 26.6. The lowest BCUT2D eigenvalue weighted by molar-refractivity contribution is -0.274. The lowest BCUT2D eigenvalue weighted by Crippen LogP contribution is -2.30. The fourth-order valence-corrected chi connectivity index (χ4v) is 6.10. The van der Waals surface area contributed by atoms with Gasteiger partial charge in [0.2, 0.25) is 0 Å². The zero-order valence-electron chi connectivity index (χ0n) is 18.6. The number of hydrogen-bond donors (Lipinski definition) is 0. The van der Waals surface area contributed by atoms with E-state index in [1.165, 1.54) is 88.3 Å². The maximum absolute atomic E-state index is 12.5. The van der Waals surface area contributed by atoms with Crippen LogP contribution in [0, 0.1) is 17.8 Å². The van der Waals surface area contributed by atoms with Crippen molar-refractivity contribution in [1.82, 2.24) is 0 Å². The van der Waals surface area contributed by atoms with E-state index in [1.54, 1.807) is 6.07 Å². The van der Waals surface area contributed by atoms with Crippen LogP contribution in [0.2, 0.25) is 0 Å². The van der Waals surface area contributed by atoms with Crippen molar-refractivity contribution in [3.8, 4) is 5.75 Å². The number of rotatable bonds is 7. The molecule has 4 atom stereocenters. The Labute approximate surface area is 184 Å². The first-order chi connectivity index (χ1) is 14.9. The molecule has 4 rings (SSSR count). The van der Waals surface area contributed by atoms with E-state index in [0.717, 1.165) is 28.5 Å². The minimum absolute atomic E-state index is 0.153. The van der Waals surface area contributed by atoms with Crippen molar-refractivity contribution in [1.29, 1.82) is 0 Å². The lowest BCUT2D eigenvalue weighted by Gasteiger charge is -2.42. The number of alkyl halides is 3. The van der Waals surface area contributed by atoms with Crippen molar-refractivity contribution in [2.45, 2.75) is 89.8 Å². The first-order valence-electron chi connectivity index (χ1n) is 12.2. The molecule has 2 unspecified atom stereocenters. The predicted octanol–water partition coefficient (Wildman–Crippen LogP) is 9.01. The molecule has 31 heavy (non-hydrogen) atoms. The molecule has 0 radical (unpaired) electrons. The second-order valence-corrected chi connectivity index (χ2v) is 9.87. The Kier molecular flexibility index (Phi) is 7.13. The van der Waals surface area contributed by atoms with Crippen LogP contribution < -0.4 is 4.74 Å². The van der Waals surface area contributed by atoms with E-state index in [4.69, 9.17) is 0 Å². The van der Waals surface area contributed by atoms with Crippen molar-refractivity contribution >= 4 is 10.8 Å². The van der Waals surface area contributed by atoms with E-state index in [2.05, 4.69) is 23.8 Å². The second-order valence-electron chi connectivity index (χ2n) is 9.87. The molecule has 0 heterocycles. The molecule has 0 aromatic heterocycles. The molecular weight excluding hydrogens is 397 g/mol. The molecule has 0 N–H and O–H groups in total. The van der Waals surface area contributed by atoms with Crippen molar-refractivity contribution in [2.24, 2.45) is 17.8 Å². The third-order valence-electron chi connectivity index (χ3n) is 7.73. The molecule has 0 bridgehead atoms. The number of hydrogen-bond acceptors (Lipinski definition) is 1. The molecular formula is C27H35F3O. The number of fused-ring (bicyclic) bond motifs is 2. The first-order valence-corrected chi connectivity index (χ1v) is 12.2. The Bertz CT molecular complexity index is 859. The minimum Gasteiger partial charge on any atom is -0.406 e. The average Bonchev–Trinajstić information content (AvgIpc) is 2.75. The maximum atomic E-state index is 12.5. The SMILES string of the molecule is CCCCCC[C@@H]1CC[C@@H]2CC(c3ccc4cc(OC(F)(F)F)ccc4c3)CCC2C1. The van der Waals surface area contributed by atoms with Crippen molar-refractivity contribution in [2.75, 3.05) is 0 Å². The van der Waals surface area contributed by atoms with E-state index in [1.807, 2.05) is 6.07 Å². The molecule has 0 saturated heterocycles. The summed E-state index contributed by atoms with van der Waals surface area (Å²) in [5.41, 5.74) is 1.34. The lowest BCUT2D eigenvalue weighted by atomic mass is 9.63. The Morgan fingerprint density at radius 2 is 1.58 bits per heavy atom. The van der Waals surface area contributed by atoms with Gasteiger partial charge in [-0.15, -0.1) is 13.2 Å². The van der Waals surface area contributed by atoms with Crippen LogP contribution in [0.15, 0.2) is 36.4 Å². The fraction of sp³-hybridized carbons (Fsp3) is 0.630. The third-order valence-corrected chi connectivity index (χ3v) is 7.73. The smallest absolute Gasteiger partial charge is 0.406 e. The summed E-state index contributed by atoms with van der Waals surface area (Å²) in [5, 5.41) is 1.78. The quantitative estimate of drug-likeness (QED) is 0.397. The van der Waals surface area contributed by atoms with Gasteiger partial charge in [-0.3, -0.25) is 0 Å². The summed E-state index contributed by atoms with van der Waals surface area (Å²) in [6, 6.07) is 10.9. The molecule has 0 aliphatic heterocycles. The van der Waals surface area contributed by atoms with Crippen molar-refractivity contribution in [3.63, 3.8) is 0 Å². The second kappa shape index (κ2) is 9.83. The molecule has 2 aliphatic rings. The number of halogens is 3. The monoisotopic (exact) mass is 432 g/mol. The van der Waals surface area contributed by atoms with Crippen LogP contribution in [0.1, 0.15) is 89.0 Å². The summed E-state index contributed by atoms with van der Waals surface area (Å²) in [6.07, 6.45) is 10.3. The van der Waals surface area contributed by atoms with Crippen LogP contribution in [0.3, 0.4) is 0 Å². The summed E-state index contributed by atoms with van der Waals surface area (Å²) in [6.45, 7) is 2.28. The Morgan fingerprint density at radius 3 is 2.39 bits per heavy atom. The standard InChI is InChI=1S/C27H35F3O/c1-2-3-4-5-6-19-7-8-21-16-22(10-9-20(21)15-19)23-11-12-25-18-26(31-27(28,29)30)14-13-24(25)17-23/h11-14,17-22H,2-10,15-16H2,1H3/t19-,20?,21-,22?/m1/s1. The average molecular weight is 433 g/mol. The number of ether oxygens (including phenoxy) is 1. The third kappa shape index (κ3) is 5.96. The number of unbranched alkanes of at least 4 members (excludes halogenated alkanes) is 3. The molecule has 4 heteroatoms. The van der Waals surface area contributed by atoms with Gasteiger partial charge in [0.05, 0.1) is 0 Å². The molecule has 0 amide bonds. The van der Waals surface area contributed by atoms with Gasteiger partial charge in [-0.05, 0) is 84.2 Å². The molecule has 2 aromatic rings. The molecule has 0 spiro atoms. The van der Waals surface area contributed by atoms with Gasteiger partial charge in [0, 0.05) is 0 Å². The van der Waals surface area contributed by atoms with Crippen LogP contribution in [-0.2, 0) is 0 Å². The predicted molar refractivity (Wildman–Crippen MR) is 120 cm³/mol.